The van der Waals surface area contributed by atoms with Gasteiger partial charge in [-0.05, 0) is 72.9 Å². The number of likely N-dealkylation sites (tertiary alicyclic amines) is 1. The number of hydrogen-bond acceptors (Lipinski definition) is 2. The van der Waals surface area contributed by atoms with E-state index in [1.807, 2.05) is 12.1 Å². The summed E-state index contributed by atoms with van der Waals surface area (Å²) in [6.45, 7) is 3.84. The Bertz CT molecular complexity index is 670. The summed E-state index contributed by atoms with van der Waals surface area (Å²) in [7, 11) is 0. The standard InChI is InChI=1S/C23H29NO/c25-23-13-11-20(12-14-23)19-7-9-21(10-8-19)22-6-3-15-24(17-22)16-18-4-1-2-5-18/h7-14,18,22,25H,1-6,15-17H2/t22-/m1/s1. The van der Waals surface area contributed by atoms with Crippen LogP contribution in [0.2, 0.25) is 0 Å². The van der Waals surface area contributed by atoms with Crippen molar-refractivity contribution in [2.45, 2.75) is 44.4 Å². The molecule has 25 heavy (non-hydrogen) atoms. The van der Waals surface area contributed by atoms with Crippen molar-refractivity contribution in [2.75, 3.05) is 19.6 Å². The van der Waals surface area contributed by atoms with Crippen molar-refractivity contribution in [2.24, 2.45) is 5.92 Å². The smallest absolute Gasteiger partial charge is 0.115 e. The van der Waals surface area contributed by atoms with E-state index in [1.165, 1.54) is 69.3 Å². The molecule has 1 saturated heterocycles. The maximum absolute atomic E-state index is 9.44. The second kappa shape index (κ2) is 7.61. The molecule has 1 aliphatic heterocycles. The average molecular weight is 335 g/mol. The molecule has 2 aliphatic rings. The number of hydrogen-bond donors (Lipinski definition) is 1. The van der Waals surface area contributed by atoms with E-state index >= 15 is 0 Å². The molecule has 1 saturated carbocycles. The van der Waals surface area contributed by atoms with E-state index in [0.29, 0.717) is 11.7 Å². The number of rotatable bonds is 4. The first-order valence-corrected chi connectivity index (χ1v) is 9.89. The molecule has 0 aromatic heterocycles. The van der Waals surface area contributed by atoms with Gasteiger partial charge in [-0.3, -0.25) is 0 Å². The number of phenolic OH excluding ortho intramolecular Hbond substituents is 1. The highest BCUT2D eigenvalue weighted by Crippen LogP contribution is 2.32. The van der Waals surface area contributed by atoms with Gasteiger partial charge in [-0.15, -0.1) is 0 Å². The van der Waals surface area contributed by atoms with Gasteiger partial charge in [-0.2, -0.15) is 0 Å². The molecule has 0 unspecified atom stereocenters. The number of aromatic hydroxyl groups is 1. The Morgan fingerprint density at radius 1 is 0.800 bits per heavy atom. The molecule has 1 heterocycles. The van der Waals surface area contributed by atoms with Crippen LogP contribution in [-0.2, 0) is 0 Å². The number of phenols is 1. The zero-order valence-corrected chi connectivity index (χ0v) is 15.0. The van der Waals surface area contributed by atoms with Gasteiger partial charge in [0.05, 0.1) is 0 Å². The Labute approximate surface area is 151 Å². The molecule has 0 amide bonds. The van der Waals surface area contributed by atoms with Crippen LogP contribution in [0.25, 0.3) is 11.1 Å². The molecule has 0 radical (unpaired) electrons. The van der Waals surface area contributed by atoms with Crippen LogP contribution >= 0.6 is 0 Å². The molecule has 1 N–H and O–H groups in total. The third-order valence-corrected chi connectivity index (χ3v) is 6.08. The highest BCUT2D eigenvalue weighted by atomic mass is 16.3. The number of nitrogens with zero attached hydrogens (tertiary/aromatic N) is 1. The Morgan fingerprint density at radius 2 is 1.44 bits per heavy atom. The average Bonchev–Trinajstić information content (AvgIpc) is 3.16. The topological polar surface area (TPSA) is 23.5 Å². The quantitative estimate of drug-likeness (QED) is 0.805. The SMILES string of the molecule is Oc1ccc(-c2ccc([C@@H]3CCCN(CC4CCCC4)C3)cc2)cc1. The van der Waals surface area contributed by atoms with Gasteiger partial charge in [0, 0.05) is 13.1 Å². The summed E-state index contributed by atoms with van der Waals surface area (Å²) >= 11 is 0. The molecule has 0 spiro atoms. The first-order chi connectivity index (χ1) is 12.3. The molecule has 2 heteroatoms. The van der Waals surface area contributed by atoms with Gasteiger partial charge in [0.1, 0.15) is 5.75 Å². The zero-order valence-electron chi connectivity index (χ0n) is 15.0. The number of benzene rings is 2. The fraction of sp³-hybridized carbons (Fsp3) is 0.478. The lowest BCUT2D eigenvalue weighted by molar-refractivity contribution is 0.179. The Balaban J connectivity index is 1.41. The maximum atomic E-state index is 9.44. The van der Waals surface area contributed by atoms with Gasteiger partial charge in [0.2, 0.25) is 0 Å². The lowest BCUT2D eigenvalue weighted by Gasteiger charge is -2.34. The van der Waals surface area contributed by atoms with Crippen LogP contribution in [0.5, 0.6) is 5.75 Å². The van der Waals surface area contributed by atoms with Gasteiger partial charge in [0.25, 0.3) is 0 Å². The minimum atomic E-state index is 0.324. The van der Waals surface area contributed by atoms with E-state index in [1.54, 1.807) is 12.1 Å². The van der Waals surface area contributed by atoms with Crippen molar-refractivity contribution in [3.05, 3.63) is 54.1 Å². The van der Waals surface area contributed by atoms with Gasteiger partial charge in [-0.25, -0.2) is 0 Å². The summed E-state index contributed by atoms with van der Waals surface area (Å²) in [6.07, 6.45) is 8.43. The van der Waals surface area contributed by atoms with Crippen molar-refractivity contribution >= 4 is 0 Å². The molecule has 1 atom stereocenters. The molecule has 2 fully saturated rings. The van der Waals surface area contributed by atoms with E-state index in [0.717, 1.165) is 11.5 Å². The predicted octanol–water partition coefficient (Wildman–Crippen LogP) is 5.43. The first-order valence-electron chi connectivity index (χ1n) is 9.89. The maximum Gasteiger partial charge on any atom is 0.115 e. The van der Waals surface area contributed by atoms with Gasteiger partial charge in [-0.1, -0.05) is 49.2 Å². The largest absolute Gasteiger partial charge is 0.508 e. The minimum absolute atomic E-state index is 0.324. The Hall–Kier alpha value is -1.80. The molecular formula is C23H29NO. The second-order valence-electron chi connectivity index (χ2n) is 7.92. The molecular weight excluding hydrogens is 306 g/mol. The molecule has 2 nitrogen and oxygen atoms in total. The highest BCUT2D eigenvalue weighted by molar-refractivity contribution is 5.64. The predicted molar refractivity (Wildman–Crippen MR) is 104 cm³/mol. The van der Waals surface area contributed by atoms with Crippen LogP contribution in [0.4, 0.5) is 0 Å². The van der Waals surface area contributed by atoms with Crippen molar-refractivity contribution in [3.8, 4) is 16.9 Å². The molecule has 4 rings (SSSR count). The number of piperidine rings is 1. The summed E-state index contributed by atoms with van der Waals surface area (Å²) in [6, 6.07) is 16.6. The Kier molecular flexibility index (Phi) is 5.07. The Morgan fingerprint density at radius 3 is 2.12 bits per heavy atom. The molecule has 2 aromatic rings. The zero-order chi connectivity index (χ0) is 17.1. The van der Waals surface area contributed by atoms with Crippen molar-refractivity contribution < 1.29 is 5.11 Å². The van der Waals surface area contributed by atoms with Crippen LogP contribution < -0.4 is 0 Å². The van der Waals surface area contributed by atoms with Crippen LogP contribution in [0.1, 0.15) is 50.0 Å². The van der Waals surface area contributed by atoms with E-state index in [2.05, 4.69) is 29.2 Å². The van der Waals surface area contributed by atoms with Gasteiger partial charge < -0.3 is 10.0 Å². The lowest BCUT2D eigenvalue weighted by atomic mass is 9.89. The van der Waals surface area contributed by atoms with E-state index in [-0.39, 0.29) is 0 Å². The summed E-state index contributed by atoms with van der Waals surface area (Å²) < 4.78 is 0. The van der Waals surface area contributed by atoms with E-state index < -0.39 is 0 Å². The summed E-state index contributed by atoms with van der Waals surface area (Å²) in [4.78, 5) is 2.72. The van der Waals surface area contributed by atoms with E-state index in [4.69, 9.17) is 0 Å². The van der Waals surface area contributed by atoms with Gasteiger partial charge in [0.15, 0.2) is 0 Å². The monoisotopic (exact) mass is 335 g/mol. The minimum Gasteiger partial charge on any atom is -0.508 e. The van der Waals surface area contributed by atoms with E-state index in [9.17, 15) is 5.11 Å². The van der Waals surface area contributed by atoms with Crippen molar-refractivity contribution in [1.29, 1.82) is 0 Å². The highest BCUT2D eigenvalue weighted by Gasteiger charge is 2.24. The van der Waals surface area contributed by atoms with Crippen molar-refractivity contribution in [1.82, 2.24) is 4.90 Å². The van der Waals surface area contributed by atoms with Crippen LogP contribution in [0.15, 0.2) is 48.5 Å². The fourth-order valence-corrected chi connectivity index (χ4v) is 4.65. The van der Waals surface area contributed by atoms with Crippen LogP contribution in [0, 0.1) is 5.92 Å². The van der Waals surface area contributed by atoms with Crippen molar-refractivity contribution in [3.63, 3.8) is 0 Å². The normalized spacial score (nSPS) is 22.3. The molecule has 0 bridgehead atoms. The first kappa shape index (κ1) is 16.7. The molecule has 132 valence electrons. The van der Waals surface area contributed by atoms with Gasteiger partial charge >= 0.3 is 0 Å². The molecule has 2 aromatic carbocycles. The second-order valence-corrected chi connectivity index (χ2v) is 7.92. The molecule has 1 aliphatic carbocycles. The van der Waals surface area contributed by atoms with Crippen LogP contribution in [0.3, 0.4) is 0 Å². The van der Waals surface area contributed by atoms with Crippen LogP contribution in [-0.4, -0.2) is 29.6 Å². The summed E-state index contributed by atoms with van der Waals surface area (Å²) in [5.41, 5.74) is 3.87. The third kappa shape index (κ3) is 4.07. The lowest BCUT2D eigenvalue weighted by Crippen LogP contribution is -2.37. The summed E-state index contributed by atoms with van der Waals surface area (Å²) in [5, 5.41) is 9.44. The summed E-state index contributed by atoms with van der Waals surface area (Å²) in [5.74, 6) is 1.96. The third-order valence-electron chi connectivity index (χ3n) is 6.08. The fourth-order valence-electron chi connectivity index (χ4n) is 4.65.